The quantitative estimate of drug-likeness (QED) is 0.932. The summed E-state index contributed by atoms with van der Waals surface area (Å²) in [6.07, 6.45) is 3.64. The second-order valence-electron chi connectivity index (χ2n) is 7.02. The van der Waals surface area contributed by atoms with Crippen molar-refractivity contribution in [3.05, 3.63) is 11.8 Å². The molecule has 0 bridgehead atoms. The smallest absolute Gasteiger partial charge is 0.133 e. The minimum absolute atomic E-state index is 0.206. The predicted octanol–water partition coefficient (Wildman–Crippen LogP) is 2.60. The molecule has 0 amide bonds. The standard InChI is InChI=1S/C17H26N4O/c1-12-6-13(2)10-20(9-12)17-16(19)7-14(8-18)21(17)11-15-4-3-5-22-15/h7,12-13,15H,3-6,9-11,19H2,1-2H3/t12-,13+,15-/m0/s1. The van der Waals surface area contributed by atoms with Gasteiger partial charge in [0.15, 0.2) is 0 Å². The molecule has 2 N–H and O–H groups in total. The Labute approximate surface area is 132 Å². The molecule has 2 saturated heterocycles. The number of nitrogens with two attached hydrogens (primary N) is 1. The van der Waals surface area contributed by atoms with E-state index in [1.54, 1.807) is 0 Å². The van der Waals surface area contributed by atoms with Gasteiger partial charge in [0.2, 0.25) is 0 Å². The van der Waals surface area contributed by atoms with Gasteiger partial charge in [-0.2, -0.15) is 5.26 Å². The Balaban J connectivity index is 1.91. The summed E-state index contributed by atoms with van der Waals surface area (Å²) < 4.78 is 7.84. The van der Waals surface area contributed by atoms with Gasteiger partial charge in [0.05, 0.1) is 18.3 Å². The summed E-state index contributed by atoms with van der Waals surface area (Å²) >= 11 is 0. The molecule has 2 aliphatic heterocycles. The lowest BCUT2D eigenvalue weighted by Crippen LogP contribution is -2.40. The van der Waals surface area contributed by atoms with E-state index in [-0.39, 0.29) is 6.10 Å². The first kappa shape index (κ1) is 15.2. The number of hydrogen-bond donors (Lipinski definition) is 1. The third-order valence-corrected chi connectivity index (χ3v) is 4.79. The van der Waals surface area contributed by atoms with Gasteiger partial charge in [-0.3, -0.25) is 0 Å². The van der Waals surface area contributed by atoms with Gasteiger partial charge < -0.3 is 19.9 Å². The number of nitriles is 1. The van der Waals surface area contributed by atoms with E-state index in [9.17, 15) is 5.26 Å². The minimum Gasteiger partial charge on any atom is -0.396 e. The summed E-state index contributed by atoms with van der Waals surface area (Å²) in [6.45, 7) is 8.16. The van der Waals surface area contributed by atoms with Crippen LogP contribution in [-0.4, -0.2) is 30.4 Å². The first-order valence-corrected chi connectivity index (χ1v) is 8.34. The van der Waals surface area contributed by atoms with E-state index in [1.807, 2.05) is 6.07 Å². The number of nitrogen functional groups attached to an aromatic ring is 1. The van der Waals surface area contributed by atoms with Gasteiger partial charge in [-0.15, -0.1) is 0 Å². The SMILES string of the molecule is C[C@@H]1C[C@H](C)CN(c2c(N)cc(C#N)n2C[C@@H]2CCCO2)C1. The summed E-state index contributed by atoms with van der Waals surface area (Å²) in [5.74, 6) is 2.32. The molecule has 0 spiro atoms. The Hall–Kier alpha value is -1.67. The molecule has 0 unspecified atom stereocenters. The Morgan fingerprint density at radius 2 is 2.09 bits per heavy atom. The van der Waals surface area contributed by atoms with E-state index in [4.69, 9.17) is 10.5 Å². The molecule has 2 aliphatic rings. The van der Waals surface area contributed by atoms with Gasteiger partial charge in [-0.05, 0) is 37.2 Å². The molecule has 3 atom stereocenters. The van der Waals surface area contributed by atoms with Crippen LogP contribution in [0.25, 0.3) is 0 Å². The van der Waals surface area contributed by atoms with Crippen LogP contribution in [-0.2, 0) is 11.3 Å². The van der Waals surface area contributed by atoms with E-state index in [2.05, 4.69) is 29.4 Å². The van der Waals surface area contributed by atoms with Crippen molar-refractivity contribution in [3.8, 4) is 6.07 Å². The van der Waals surface area contributed by atoms with Crippen molar-refractivity contribution in [2.24, 2.45) is 11.8 Å². The average molecular weight is 302 g/mol. The van der Waals surface area contributed by atoms with Crippen LogP contribution in [0, 0.1) is 23.2 Å². The molecule has 0 aromatic carbocycles. The summed E-state index contributed by atoms with van der Waals surface area (Å²) in [7, 11) is 0. The van der Waals surface area contributed by atoms with Gasteiger partial charge >= 0.3 is 0 Å². The third kappa shape index (κ3) is 2.93. The van der Waals surface area contributed by atoms with Gasteiger partial charge in [0, 0.05) is 19.7 Å². The maximum atomic E-state index is 9.45. The number of rotatable bonds is 3. The second kappa shape index (κ2) is 6.21. The number of piperidine rings is 1. The zero-order chi connectivity index (χ0) is 15.7. The molecule has 3 heterocycles. The molecule has 120 valence electrons. The number of nitrogens with zero attached hydrogens (tertiary/aromatic N) is 3. The molecular formula is C17H26N4O. The first-order chi connectivity index (χ1) is 10.6. The van der Waals surface area contributed by atoms with E-state index >= 15 is 0 Å². The zero-order valence-corrected chi connectivity index (χ0v) is 13.6. The summed E-state index contributed by atoms with van der Waals surface area (Å²) in [4.78, 5) is 2.37. The molecular weight excluding hydrogens is 276 g/mol. The third-order valence-electron chi connectivity index (χ3n) is 4.79. The first-order valence-electron chi connectivity index (χ1n) is 8.34. The normalized spacial score (nSPS) is 28.8. The van der Waals surface area contributed by atoms with Crippen LogP contribution in [0.2, 0.25) is 0 Å². The van der Waals surface area contributed by atoms with Crippen molar-refractivity contribution >= 4 is 11.5 Å². The van der Waals surface area contributed by atoms with Crippen molar-refractivity contribution in [2.45, 2.75) is 45.8 Å². The lowest BCUT2D eigenvalue weighted by atomic mass is 9.92. The highest BCUT2D eigenvalue weighted by Gasteiger charge is 2.28. The number of hydrogen-bond acceptors (Lipinski definition) is 4. The lowest BCUT2D eigenvalue weighted by Gasteiger charge is -2.37. The molecule has 0 aliphatic carbocycles. The van der Waals surface area contributed by atoms with Crippen molar-refractivity contribution in [1.29, 1.82) is 5.26 Å². The highest BCUT2D eigenvalue weighted by Crippen LogP contribution is 2.34. The van der Waals surface area contributed by atoms with Crippen LogP contribution in [0.1, 0.15) is 38.8 Å². The average Bonchev–Trinajstić information content (AvgIpc) is 3.06. The summed E-state index contributed by atoms with van der Waals surface area (Å²) in [5.41, 5.74) is 7.62. The van der Waals surface area contributed by atoms with E-state index in [0.717, 1.165) is 50.6 Å². The molecule has 2 fully saturated rings. The van der Waals surface area contributed by atoms with Gasteiger partial charge in [0.1, 0.15) is 17.6 Å². The van der Waals surface area contributed by atoms with Crippen molar-refractivity contribution in [2.75, 3.05) is 30.3 Å². The Bertz CT molecular complexity index is 558. The fraction of sp³-hybridized carbons (Fsp3) is 0.706. The highest BCUT2D eigenvalue weighted by molar-refractivity contribution is 5.68. The molecule has 22 heavy (non-hydrogen) atoms. The van der Waals surface area contributed by atoms with Crippen LogP contribution in [0.4, 0.5) is 11.5 Å². The summed E-state index contributed by atoms with van der Waals surface area (Å²) in [5, 5.41) is 9.45. The molecule has 5 nitrogen and oxygen atoms in total. The fourth-order valence-electron chi connectivity index (χ4n) is 4.02. The Kier molecular flexibility index (Phi) is 4.30. The Morgan fingerprint density at radius 1 is 1.36 bits per heavy atom. The monoisotopic (exact) mass is 302 g/mol. The number of anilines is 2. The number of aromatic nitrogens is 1. The molecule has 1 aromatic rings. The molecule has 1 aromatic heterocycles. The van der Waals surface area contributed by atoms with Crippen LogP contribution >= 0.6 is 0 Å². The highest BCUT2D eigenvalue weighted by atomic mass is 16.5. The van der Waals surface area contributed by atoms with Crippen LogP contribution < -0.4 is 10.6 Å². The van der Waals surface area contributed by atoms with Crippen molar-refractivity contribution < 1.29 is 4.74 Å². The van der Waals surface area contributed by atoms with Gasteiger partial charge in [-0.1, -0.05) is 13.8 Å². The largest absolute Gasteiger partial charge is 0.396 e. The van der Waals surface area contributed by atoms with E-state index in [1.165, 1.54) is 6.42 Å². The molecule has 5 heteroatoms. The predicted molar refractivity (Wildman–Crippen MR) is 87.7 cm³/mol. The molecule has 0 saturated carbocycles. The fourth-order valence-corrected chi connectivity index (χ4v) is 4.02. The van der Waals surface area contributed by atoms with Gasteiger partial charge in [-0.25, -0.2) is 0 Å². The van der Waals surface area contributed by atoms with Crippen LogP contribution in [0.3, 0.4) is 0 Å². The lowest BCUT2D eigenvalue weighted by molar-refractivity contribution is 0.0970. The summed E-state index contributed by atoms with van der Waals surface area (Å²) in [6, 6.07) is 4.11. The van der Waals surface area contributed by atoms with Crippen molar-refractivity contribution in [1.82, 2.24) is 4.57 Å². The molecule has 0 radical (unpaired) electrons. The van der Waals surface area contributed by atoms with E-state index < -0.39 is 0 Å². The Morgan fingerprint density at radius 3 is 2.68 bits per heavy atom. The number of ether oxygens (including phenoxy) is 1. The second-order valence-corrected chi connectivity index (χ2v) is 7.02. The minimum atomic E-state index is 0.206. The van der Waals surface area contributed by atoms with E-state index in [0.29, 0.717) is 17.5 Å². The van der Waals surface area contributed by atoms with Gasteiger partial charge in [0.25, 0.3) is 0 Å². The maximum absolute atomic E-state index is 9.45. The van der Waals surface area contributed by atoms with Crippen molar-refractivity contribution in [3.63, 3.8) is 0 Å². The topological polar surface area (TPSA) is 67.2 Å². The maximum Gasteiger partial charge on any atom is 0.133 e. The van der Waals surface area contributed by atoms with Crippen LogP contribution in [0.5, 0.6) is 0 Å². The van der Waals surface area contributed by atoms with Crippen LogP contribution in [0.15, 0.2) is 6.07 Å². The zero-order valence-electron chi connectivity index (χ0n) is 13.6. The molecule has 3 rings (SSSR count).